The van der Waals surface area contributed by atoms with E-state index in [1.54, 1.807) is 6.07 Å². The van der Waals surface area contributed by atoms with Gasteiger partial charge in [-0.05, 0) is 55.6 Å². The third kappa shape index (κ3) is 4.31. The molecule has 3 aromatic rings. The van der Waals surface area contributed by atoms with Crippen LogP contribution in [0.25, 0.3) is 10.9 Å². The van der Waals surface area contributed by atoms with Gasteiger partial charge in [0.25, 0.3) is 0 Å². The van der Waals surface area contributed by atoms with Crippen molar-refractivity contribution in [2.24, 2.45) is 0 Å². The molecule has 2 N–H and O–H groups in total. The molecule has 0 aliphatic rings. The van der Waals surface area contributed by atoms with Crippen LogP contribution in [-0.2, 0) is 6.54 Å². The molecule has 1 heterocycles. The smallest absolute Gasteiger partial charge is 0.120 e. The lowest BCUT2D eigenvalue weighted by molar-refractivity contribution is 0.291. The van der Waals surface area contributed by atoms with Gasteiger partial charge >= 0.3 is 0 Å². The monoisotopic (exact) mass is 364 g/mol. The van der Waals surface area contributed by atoms with Crippen LogP contribution in [0.3, 0.4) is 0 Å². The van der Waals surface area contributed by atoms with E-state index in [9.17, 15) is 5.11 Å². The number of fused-ring (bicyclic) bond motifs is 1. The molecule has 0 bridgehead atoms. The summed E-state index contributed by atoms with van der Waals surface area (Å²) >= 11 is 0. The average molecular weight is 364 g/mol. The Hall–Kier alpha value is -2.79. The van der Waals surface area contributed by atoms with E-state index in [1.165, 1.54) is 0 Å². The summed E-state index contributed by atoms with van der Waals surface area (Å²) in [5.74, 6) is 0.336. The van der Waals surface area contributed by atoms with Crippen molar-refractivity contribution in [2.45, 2.75) is 20.4 Å². The Labute approximate surface area is 161 Å². The predicted octanol–water partition coefficient (Wildman–Crippen LogP) is 4.59. The lowest BCUT2D eigenvalue weighted by atomic mass is 10.1. The largest absolute Gasteiger partial charge is 0.508 e. The van der Waals surface area contributed by atoms with E-state index in [0.717, 1.165) is 53.2 Å². The molecule has 0 saturated heterocycles. The molecular formula is C22H28N4O. The summed E-state index contributed by atoms with van der Waals surface area (Å²) in [6, 6.07) is 13.9. The van der Waals surface area contributed by atoms with Gasteiger partial charge in [-0.2, -0.15) is 0 Å². The lowest BCUT2D eigenvalue weighted by Gasteiger charge is -2.19. The number of rotatable bonds is 7. The van der Waals surface area contributed by atoms with Crippen LogP contribution >= 0.6 is 0 Å². The van der Waals surface area contributed by atoms with Gasteiger partial charge in [0.1, 0.15) is 5.75 Å². The van der Waals surface area contributed by atoms with Crippen LogP contribution in [0.2, 0.25) is 0 Å². The van der Waals surface area contributed by atoms with Gasteiger partial charge in [0, 0.05) is 54.8 Å². The fraction of sp³-hybridized carbons (Fsp3) is 0.318. The average Bonchev–Trinajstić information content (AvgIpc) is 2.68. The molecular weight excluding hydrogens is 336 g/mol. The molecule has 27 heavy (non-hydrogen) atoms. The zero-order chi connectivity index (χ0) is 19.4. The second kappa shape index (κ2) is 8.27. The van der Waals surface area contributed by atoms with Crippen molar-refractivity contribution < 1.29 is 5.11 Å². The van der Waals surface area contributed by atoms with Gasteiger partial charge in [0.2, 0.25) is 0 Å². The van der Waals surface area contributed by atoms with E-state index in [0.29, 0.717) is 5.75 Å². The number of phenolic OH excluding ortho intramolecular Hbond substituents is 1. The van der Waals surface area contributed by atoms with E-state index in [4.69, 9.17) is 0 Å². The van der Waals surface area contributed by atoms with Crippen LogP contribution in [0.15, 0.2) is 48.7 Å². The van der Waals surface area contributed by atoms with Crippen LogP contribution < -0.4 is 10.2 Å². The molecule has 0 atom stereocenters. The summed E-state index contributed by atoms with van der Waals surface area (Å²) in [4.78, 5) is 8.86. The van der Waals surface area contributed by atoms with Crippen LogP contribution in [0, 0.1) is 0 Å². The molecule has 2 aromatic carbocycles. The highest BCUT2D eigenvalue weighted by atomic mass is 16.3. The third-order valence-electron chi connectivity index (χ3n) is 4.89. The number of aromatic hydroxyl groups is 1. The number of benzene rings is 2. The van der Waals surface area contributed by atoms with Gasteiger partial charge in [0.15, 0.2) is 0 Å². The standard InChI is InChI=1S/C22H28N4O/c1-5-26(6-2)15-16-13-17(7-10-22(16)27)24-20-11-12-23-21-14-18(25(3)4)8-9-19(20)21/h7-14,27H,5-6,15H2,1-4H3,(H,23,24). The van der Waals surface area contributed by atoms with Gasteiger partial charge in [-0.25, -0.2) is 0 Å². The predicted molar refractivity (Wildman–Crippen MR) is 114 cm³/mol. The highest BCUT2D eigenvalue weighted by Crippen LogP contribution is 2.30. The zero-order valence-electron chi connectivity index (χ0n) is 16.5. The summed E-state index contributed by atoms with van der Waals surface area (Å²) < 4.78 is 0. The summed E-state index contributed by atoms with van der Waals surface area (Å²) in [5, 5.41) is 14.8. The molecule has 0 radical (unpaired) electrons. The van der Waals surface area contributed by atoms with E-state index < -0.39 is 0 Å². The van der Waals surface area contributed by atoms with E-state index in [-0.39, 0.29) is 0 Å². The zero-order valence-corrected chi connectivity index (χ0v) is 16.5. The Morgan fingerprint density at radius 3 is 2.48 bits per heavy atom. The minimum absolute atomic E-state index is 0.336. The molecule has 1 aromatic heterocycles. The van der Waals surface area contributed by atoms with E-state index in [1.807, 2.05) is 38.5 Å². The topological polar surface area (TPSA) is 51.6 Å². The van der Waals surface area contributed by atoms with Crippen molar-refractivity contribution in [3.8, 4) is 5.75 Å². The summed E-state index contributed by atoms with van der Waals surface area (Å²) in [7, 11) is 4.05. The number of phenols is 1. The van der Waals surface area contributed by atoms with Crippen molar-refractivity contribution >= 4 is 28.0 Å². The molecule has 0 unspecified atom stereocenters. The lowest BCUT2D eigenvalue weighted by Crippen LogP contribution is -2.22. The fourth-order valence-corrected chi connectivity index (χ4v) is 3.16. The van der Waals surface area contributed by atoms with E-state index >= 15 is 0 Å². The van der Waals surface area contributed by atoms with Crippen molar-refractivity contribution in [3.05, 3.63) is 54.2 Å². The maximum absolute atomic E-state index is 10.2. The van der Waals surface area contributed by atoms with Gasteiger partial charge < -0.3 is 15.3 Å². The molecule has 0 spiro atoms. The van der Waals surface area contributed by atoms with Crippen LogP contribution in [0.5, 0.6) is 5.75 Å². The van der Waals surface area contributed by atoms with Gasteiger partial charge in [-0.15, -0.1) is 0 Å². The highest BCUT2D eigenvalue weighted by Gasteiger charge is 2.09. The second-order valence-corrected chi connectivity index (χ2v) is 6.88. The molecule has 0 aliphatic heterocycles. The molecule has 5 nitrogen and oxygen atoms in total. The molecule has 5 heteroatoms. The second-order valence-electron chi connectivity index (χ2n) is 6.88. The first kappa shape index (κ1) is 19.0. The number of nitrogens with zero attached hydrogens (tertiary/aromatic N) is 3. The first-order valence-corrected chi connectivity index (χ1v) is 9.39. The Morgan fingerprint density at radius 2 is 1.78 bits per heavy atom. The number of pyridine rings is 1. The van der Waals surface area contributed by atoms with Crippen LogP contribution in [0.4, 0.5) is 17.1 Å². The molecule has 0 saturated carbocycles. The Morgan fingerprint density at radius 1 is 1.00 bits per heavy atom. The Bertz CT molecular complexity index is 919. The van der Waals surface area contributed by atoms with Gasteiger partial charge in [-0.3, -0.25) is 9.88 Å². The van der Waals surface area contributed by atoms with Crippen molar-refractivity contribution in [1.82, 2.24) is 9.88 Å². The van der Waals surface area contributed by atoms with Crippen LogP contribution in [-0.4, -0.2) is 42.2 Å². The summed E-state index contributed by atoms with van der Waals surface area (Å²) in [6.07, 6.45) is 1.82. The maximum Gasteiger partial charge on any atom is 0.120 e. The normalized spacial score (nSPS) is 11.1. The molecule has 142 valence electrons. The minimum atomic E-state index is 0.336. The van der Waals surface area contributed by atoms with Crippen LogP contribution in [0.1, 0.15) is 19.4 Å². The quantitative estimate of drug-likeness (QED) is 0.601. The van der Waals surface area contributed by atoms with Gasteiger partial charge in [-0.1, -0.05) is 13.8 Å². The molecule has 3 rings (SSSR count). The number of anilines is 3. The molecule has 0 aliphatic carbocycles. The summed E-state index contributed by atoms with van der Waals surface area (Å²) in [5.41, 5.74) is 4.97. The van der Waals surface area contributed by atoms with E-state index in [2.05, 4.69) is 52.1 Å². The first-order chi connectivity index (χ1) is 13.0. The van der Waals surface area contributed by atoms with Gasteiger partial charge in [0.05, 0.1) is 5.52 Å². The third-order valence-corrected chi connectivity index (χ3v) is 4.89. The highest BCUT2D eigenvalue weighted by molar-refractivity contribution is 5.94. The minimum Gasteiger partial charge on any atom is -0.508 e. The Kier molecular flexibility index (Phi) is 5.81. The van der Waals surface area contributed by atoms with Crippen molar-refractivity contribution in [2.75, 3.05) is 37.4 Å². The SMILES string of the molecule is CCN(CC)Cc1cc(Nc2ccnc3cc(N(C)C)ccc23)ccc1O. The number of aromatic nitrogens is 1. The first-order valence-electron chi connectivity index (χ1n) is 9.39. The maximum atomic E-state index is 10.2. The fourth-order valence-electron chi connectivity index (χ4n) is 3.16. The summed E-state index contributed by atoms with van der Waals surface area (Å²) in [6.45, 7) is 6.91. The number of hydrogen-bond acceptors (Lipinski definition) is 5. The number of nitrogens with one attached hydrogen (secondary N) is 1. The number of hydrogen-bond donors (Lipinski definition) is 2. The Balaban J connectivity index is 1.91. The van der Waals surface area contributed by atoms with Crippen molar-refractivity contribution in [3.63, 3.8) is 0 Å². The van der Waals surface area contributed by atoms with Crippen molar-refractivity contribution in [1.29, 1.82) is 0 Å². The molecule has 0 fully saturated rings. The molecule has 0 amide bonds.